The molecule has 0 aliphatic rings. The molecule has 0 aromatic heterocycles. The molecule has 118 valence electrons. The van der Waals surface area contributed by atoms with Crippen LogP contribution in [0.4, 0.5) is 0 Å². The second-order valence-electron chi connectivity index (χ2n) is 5.03. The molecule has 1 rings (SSSR count). The van der Waals surface area contributed by atoms with Crippen LogP contribution in [-0.2, 0) is 4.74 Å². The summed E-state index contributed by atoms with van der Waals surface area (Å²) in [6.07, 6.45) is 7.47. The maximum absolute atomic E-state index is 11.0. The zero-order valence-corrected chi connectivity index (χ0v) is 12.8. The van der Waals surface area contributed by atoms with E-state index in [0.29, 0.717) is 19.0 Å². The number of carboxylic acids is 1. The van der Waals surface area contributed by atoms with Gasteiger partial charge in [-0.05, 0) is 18.6 Å². The Morgan fingerprint density at radius 2 is 1.71 bits per heavy atom. The van der Waals surface area contributed by atoms with Gasteiger partial charge in [0.25, 0.3) is 0 Å². The minimum absolute atomic E-state index is 0.188. The molecule has 0 fully saturated rings. The molecule has 0 bridgehead atoms. The number of aromatic carboxylic acids is 1. The maximum Gasteiger partial charge on any atom is 0.339 e. The molecule has 0 saturated carbocycles. The molecule has 1 aromatic carbocycles. The van der Waals surface area contributed by atoms with Crippen LogP contribution in [0.5, 0.6) is 5.75 Å². The number of rotatable bonds is 12. The Hall–Kier alpha value is -1.55. The van der Waals surface area contributed by atoms with Gasteiger partial charge in [-0.2, -0.15) is 0 Å². The second kappa shape index (κ2) is 11.1. The number of benzene rings is 1. The molecule has 0 amide bonds. The Morgan fingerprint density at radius 3 is 2.48 bits per heavy atom. The van der Waals surface area contributed by atoms with Crippen LogP contribution >= 0.6 is 0 Å². The number of hydrogen-bond donors (Lipinski definition) is 1. The summed E-state index contributed by atoms with van der Waals surface area (Å²) in [7, 11) is 0. The first-order valence-electron chi connectivity index (χ1n) is 7.78. The monoisotopic (exact) mass is 294 g/mol. The Balaban J connectivity index is 2.06. The van der Waals surface area contributed by atoms with Gasteiger partial charge >= 0.3 is 5.97 Å². The third kappa shape index (κ3) is 7.71. The van der Waals surface area contributed by atoms with Crippen LogP contribution < -0.4 is 4.74 Å². The van der Waals surface area contributed by atoms with Gasteiger partial charge in [-0.1, -0.05) is 51.2 Å². The topological polar surface area (TPSA) is 55.8 Å². The van der Waals surface area contributed by atoms with Crippen molar-refractivity contribution in [1.29, 1.82) is 0 Å². The molecular weight excluding hydrogens is 268 g/mol. The first kappa shape index (κ1) is 17.5. The summed E-state index contributed by atoms with van der Waals surface area (Å²) in [6.45, 7) is 3.82. The molecule has 1 N–H and O–H groups in total. The number of carboxylic acid groups (broad SMARTS) is 1. The first-order chi connectivity index (χ1) is 10.3. The predicted octanol–water partition coefficient (Wildman–Crippen LogP) is 4.14. The fourth-order valence-electron chi connectivity index (χ4n) is 2.07. The average Bonchev–Trinajstić information content (AvgIpc) is 2.49. The van der Waals surface area contributed by atoms with Crippen LogP contribution in [0.25, 0.3) is 0 Å². The molecule has 1 aromatic rings. The van der Waals surface area contributed by atoms with E-state index >= 15 is 0 Å². The van der Waals surface area contributed by atoms with Crippen LogP contribution in [0.3, 0.4) is 0 Å². The Kier molecular flexibility index (Phi) is 9.29. The molecule has 0 atom stereocenters. The molecule has 21 heavy (non-hydrogen) atoms. The van der Waals surface area contributed by atoms with Gasteiger partial charge in [0, 0.05) is 6.61 Å². The zero-order chi connectivity index (χ0) is 15.3. The van der Waals surface area contributed by atoms with Crippen LogP contribution in [-0.4, -0.2) is 30.9 Å². The van der Waals surface area contributed by atoms with Crippen molar-refractivity contribution in [3.63, 3.8) is 0 Å². The van der Waals surface area contributed by atoms with E-state index in [4.69, 9.17) is 14.6 Å². The number of hydrogen-bond acceptors (Lipinski definition) is 3. The first-order valence-corrected chi connectivity index (χ1v) is 7.78. The van der Waals surface area contributed by atoms with E-state index in [1.54, 1.807) is 18.2 Å². The van der Waals surface area contributed by atoms with E-state index in [2.05, 4.69) is 6.92 Å². The number of carbonyl (C=O) groups is 1. The van der Waals surface area contributed by atoms with Crippen molar-refractivity contribution >= 4 is 5.97 Å². The van der Waals surface area contributed by atoms with Gasteiger partial charge in [0.2, 0.25) is 0 Å². The minimum Gasteiger partial charge on any atom is -0.490 e. The molecule has 4 heteroatoms. The maximum atomic E-state index is 11.0. The highest BCUT2D eigenvalue weighted by Gasteiger charge is 2.09. The van der Waals surface area contributed by atoms with E-state index in [0.717, 1.165) is 13.0 Å². The molecule has 0 spiro atoms. The standard InChI is InChI=1S/C17H26O4/c1-2-3-4-5-6-9-12-20-13-14-21-16-11-8-7-10-15(16)17(18)19/h7-8,10-11H,2-6,9,12-14H2,1H3,(H,18,19). The molecule has 0 saturated heterocycles. The van der Waals surface area contributed by atoms with Gasteiger partial charge in [0.15, 0.2) is 0 Å². The predicted molar refractivity (Wildman–Crippen MR) is 83.1 cm³/mol. The summed E-state index contributed by atoms with van der Waals surface area (Å²) < 4.78 is 10.9. The van der Waals surface area contributed by atoms with E-state index < -0.39 is 5.97 Å². The van der Waals surface area contributed by atoms with Crippen molar-refractivity contribution in [3.05, 3.63) is 29.8 Å². The highest BCUT2D eigenvalue weighted by atomic mass is 16.5. The van der Waals surface area contributed by atoms with Crippen LogP contribution in [0.1, 0.15) is 55.8 Å². The number of unbranched alkanes of at least 4 members (excludes halogenated alkanes) is 5. The molecule has 4 nitrogen and oxygen atoms in total. The van der Waals surface area contributed by atoms with E-state index in [9.17, 15) is 4.79 Å². The minimum atomic E-state index is -0.974. The lowest BCUT2D eigenvalue weighted by Crippen LogP contribution is -2.10. The Bertz CT molecular complexity index is 404. The summed E-state index contributed by atoms with van der Waals surface area (Å²) in [4.78, 5) is 11.0. The SMILES string of the molecule is CCCCCCCCOCCOc1ccccc1C(=O)O. The third-order valence-electron chi connectivity index (χ3n) is 3.24. The smallest absolute Gasteiger partial charge is 0.339 e. The second-order valence-corrected chi connectivity index (χ2v) is 5.03. The van der Waals surface area contributed by atoms with E-state index in [1.807, 2.05) is 0 Å². The van der Waals surface area contributed by atoms with Crippen molar-refractivity contribution in [2.75, 3.05) is 19.8 Å². The summed E-state index contributed by atoms with van der Waals surface area (Å²) in [6, 6.07) is 6.65. The number of para-hydroxylation sites is 1. The molecule has 0 heterocycles. The van der Waals surface area contributed by atoms with Crippen LogP contribution in [0.15, 0.2) is 24.3 Å². The zero-order valence-electron chi connectivity index (χ0n) is 12.8. The van der Waals surface area contributed by atoms with Crippen molar-refractivity contribution < 1.29 is 19.4 Å². The molecular formula is C17H26O4. The largest absolute Gasteiger partial charge is 0.490 e. The Labute approximate surface area is 127 Å². The molecule has 0 radical (unpaired) electrons. The van der Waals surface area contributed by atoms with Crippen LogP contribution in [0, 0.1) is 0 Å². The van der Waals surface area contributed by atoms with Gasteiger partial charge < -0.3 is 14.6 Å². The van der Waals surface area contributed by atoms with Crippen molar-refractivity contribution in [2.45, 2.75) is 45.4 Å². The molecule has 0 unspecified atom stereocenters. The van der Waals surface area contributed by atoms with E-state index in [-0.39, 0.29) is 5.56 Å². The highest BCUT2D eigenvalue weighted by Crippen LogP contribution is 2.17. The van der Waals surface area contributed by atoms with Crippen LogP contribution in [0.2, 0.25) is 0 Å². The third-order valence-corrected chi connectivity index (χ3v) is 3.24. The summed E-state index contributed by atoms with van der Waals surface area (Å²) >= 11 is 0. The number of ether oxygens (including phenoxy) is 2. The van der Waals surface area contributed by atoms with Gasteiger partial charge in [-0.3, -0.25) is 0 Å². The van der Waals surface area contributed by atoms with Gasteiger partial charge in [-0.25, -0.2) is 4.79 Å². The fourth-order valence-corrected chi connectivity index (χ4v) is 2.07. The lowest BCUT2D eigenvalue weighted by molar-refractivity contribution is 0.0684. The molecule has 0 aliphatic heterocycles. The summed E-state index contributed by atoms with van der Waals surface area (Å²) in [5.74, 6) is -0.577. The van der Waals surface area contributed by atoms with Gasteiger partial charge in [0.05, 0.1) is 6.61 Å². The van der Waals surface area contributed by atoms with E-state index in [1.165, 1.54) is 38.2 Å². The summed E-state index contributed by atoms with van der Waals surface area (Å²) in [5, 5.41) is 9.02. The van der Waals surface area contributed by atoms with Gasteiger partial charge in [0.1, 0.15) is 17.9 Å². The lowest BCUT2D eigenvalue weighted by Gasteiger charge is -2.09. The van der Waals surface area contributed by atoms with Crippen molar-refractivity contribution in [1.82, 2.24) is 0 Å². The van der Waals surface area contributed by atoms with Gasteiger partial charge in [-0.15, -0.1) is 0 Å². The quantitative estimate of drug-likeness (QED) is 0.589. The average molecular weight is 294 g/mol. The molecule has 0 aliphatic carbocycles. The normalized spacial score (nSPS) is 10.5. The van der Waals surface area contributed by atoms with Crippen molar-refractivity contribution in [3.8, 4) is 5.75 Å². The Morgan fingerprint density at radius 1 is 1.00 bits per heavy atom. The highest BCUT2D eigenvalue weighted by molar-refractivity contribution is 5.90. The lowest BCUT2D eigenvalue weighted by atomic mass is 10.1. The van der Waals surface area contributed by atoms with Crippen molar-refractivity contribution in [2.24, 2.45) is 0 Å². The summed E-state index contributed by atoms with van der Waals surface area (Å²) in [5.41, 5.74) is 0.188. The fraction of sp³-hybridized carbons (Fsp3) is 0.588.